The lowest BCUT2D eigenvalue weighted by atomic mass is 10.00. The van der Waals surface area contributed by atoms with E-state index >= 15 is 0 Å². The van der Waals surface area contributed by atoms with Crippen LogP contribution in [0.25, 0.3) is 0 Å². The predicted molar refractivity (Wildman–Crippen MR) is 67.3 cm³/mol. The van der Waals surface area contributed by atoms with Gasteiger partial charge >= 0.3 is 0 Å². The number of rotatable bonds is 3. The zero-order valence-corrected chi connectivity index (χ0v) is 10.2. The molecule has 18 heavy (non-hydrogen) atoms. The van der Waals surface area contributed by atoms with Crippen molar-refractivity contribution in [1.82, 2.24) is 0 Å². The molecule has 1 heterocycles. The Hall–Kier alpha value is -1.63. The molecule has 2 unspecified atom stereocenters. The van der Waals surface area contributed by atoms with Crippen molar-refractivity contribution >= 4 is 11.6 Å². The molecule has 1 amide bonds. The minimum atomic E-state index is -0.534. The summed E-state index contributed by atoms with van der Waals surface area (Å²) >= 11 is 0. The van der Waals surface area contributed by atoms with Crippen LogP contribution in [-0.2, 0) is 4.79 Å². The Bertz CT molecular complexity index is 464. The number of benzene rings is 1. The number of likely N-dealkylation sites (N-methyl/N-ethyl adjacent to an activating group) is 1. The van der Waals surface area contributed by atoms with Gasteiger partial charge < -0.3 is 26.2 Å². The van der Waals surface area contributed by atoms with Crippen molar-refractivity contribution in [2.24, 2.45) is 11.5 Å². The number of aliphatic hydroxyl groups is 1. The Balaban J connectivity index is 2.34. The number of hydrogen-bond donors (Lipinski definition) is 3. The predicted octanol–water partition coefficient (Wildman–Crippen LogP) is -0.639. The number of aliphatic hydroxyl groups excluding tert-OH is 1. The highest BCUT2D eigenvalue weighted by atomic mass is 16.5. The van der Waals surface area contributed by atoms with E-state index in [1.54, 1.807) is 25.2 Å². The van der Waals surface area contributed by atoms with Crippen LogP contribution in [0.3, 0.4) is 0 Å². The van der Waals surface area contributed by atoms with Crippen LogP contribution in [0, 0.1) is 0 Å². The highest BCUT2D eigenvalue weighted by Crippen LogP contribution is 2.33. The van der Waals surface area contributed by atoms with Gasteiger partial charge in [-0.1, -0.05) is 6.07 Å². The maximum absolute atomic E-state index is 11.5. The third-order valence-electron chi connectivity index (χ3n) is 3.13. The maximum atomic E-state index is 11.5. The molecule has 0 saturated carbocycles. The summed E-state index contributed by atoms with van der Waals surface area (Å²) in [5.41, 5.74) is 13.1. The second kappa shape index (κ2) is 4.93. The molecule has 0 spiro atoms. The van der Waals surface area contributed by atoms with E-state index in [9.17, 15) is 4.79 Å². The Morgan fingerprint density at radius 3 is 2.89 bits per heavy atom. The first-order chi connectivity index (χ1) is 8.54. The molecule has 1 aromatic rings. The van der Waals surface area contributed by atoms with Gasteiger partial charge in [-0.2, -0.15) is 0 Å². The number of amides is 1. The van der Waals surface area contributed by atoms with Crippen molar-refractivity contribution in [2.75, 3.05) is 25.2 Å². The van der Waals surface area contributed by atoms with E-state index in [1.165, 1.54) is 4.90 Å². The summed E-state index contributed by atoms with van der Waals surface area (Å²) in [6.07, 6.45) is 0. The van der Waals surface area contributed by atoms with Crippen molar-refractivity contribution in [3.05, 3.63) is 23.8 Å². The lowest BCUT2D eigenvalue weighted by Gasteiger charge is -2.27. The Kier molecular flexibility index (Phi) is 3.51. The SMILES string of the molecule is CN1C(=O)COc2ccc(C(N)C(N)CO)cc21. The van der Waals surface area contributed by atoms with Crippen molar-refractivity contribution < 1.29 is 14.6 Å². The van der Waals surface area contributed by atoms with Gasteiger partial charge in [0.2, 0.25) is 0 Å². The first-order valence-corrected chi connectivity index (χ1v) is 5.70. The second-order valence-electron chi connectivity index (χ2n) is 4.34. The number of nitrogens with zero attached hydrogens (tertiary/aromatic N) is 1. The van der Waals surface area contributed by atoms with Crippen LogP contribution in [-0.4, -0.2) is 37.3 Å². The van der Waals surface area contributed by atoms with Crippen LogP contribution < -0.4 is 21.1 Å². The van der Waals surface area contributed by atoms with Crippen LogP contribution in [0.4, 0.5) is 5.69 Å². The number of nitrogens with two attached hydrogens (primary N) is 2. The molecule has 5 N–H and O–H groups in total. The molecule has 1 aromatic carbocycles. The summed E-state index contributed by atoms with van der Waals surface area (Å²) in [5.74, 6) is 0.533. The van der Waals surface area contributed by atoms with Crippen LogP contribution in [0.15, 0.2) is 18.2 Å². The second-order valence-corrected chi connectivity index (χ2v) is 4.34. The van der Waals surface area contributed by atoms with E-state index < -0.39 is 12.1 Å². The van der Waals surface area contributed by atoms with Gasteiger partial charge in [0, 0.05) is 19.1 Å². The van der Waals surface area contributed by atoms with Crippen molar-refractivity contribution in [2.45, 2.75) is 12.1 Å². The number of ether oxygens (including phenoxy) is 1. The molecule has 98 valence electrons. The Labute approximate surface area is 105 Å². The van der Waals surface area contributed by atoms with Gasteiger partial charge in [-0.15, -0.1) is 0 Å². The van der Waals surface area contributed by atoms with Gasteiger partial charge in [0.05, 0.1) is 12.3 Å². The largest absolute Gasteiger partial charge is 0.482 e. The van der Waals surface area contributed by atoms with Crippen molar-refractivity contribution in [3.63, 3.8) is 0 Å². The van der Waals surface area contributed by atoms with E-state index in [2.05, 4.69) is 0 Å². The zero-order valence-electron chi connectivity index (χ0n) is 10.2. The summed E-state index contributed by atoms with van der Waals surface area (Å²) in [6.45, 7) is -0.144. The molecule has 0 fully saturated rings. The van der Waals surface area contributed by atoms with E-state index in [-0.39, 0.29) is 19.1 Å². The summed E-state index contributed by atoms with van der Waals surface area (Å²) in [4.78, 5) is 13.1. The molecule has 0 aromatic heterocycles. The average Bonchev–Trinajstić information content (AvgIpc) is 2.41. The van der Waals surface area contributed by atoms with E-state index in [0.29, 0.717) is 11.4 Å². The lowest BCUT2D eigenvalue weighted by Crippen LogP contribution is -2.38. The third-order valence-corrected chi connectivity index (χ3v) is 3.13. The molecule has 1 aliphatic heterocycles. The van der Waals surface area contributed by atoms with E-state index in [1.807, 2.05) is 0 Å². The van der Waals surface area contributed by atoms with E-state index in [4.69, 9.17) is 21.3 Å². The summed E-state index contributed by atoms with van der Waals surface area (Å²) < 4.78 is 5.32. The summed E-state index contributed by atoms with van der Waals surface area (Å²) in [6, 6.07) is 4.31. The highest BCUT2D eigenvalue weighted by molar-refractivity contribution is 5.97. The molecule has 0 bridgehead atoms. The fourth-order valence-corrected chi connectivity index (χ4v) is 1.86. The average molecular weight is 251 g/mol. The number of carbonyl (C=O) groups excluding carboxylic acids is 1. The maximum Gasteiger partial charge on any atom is 0.264 e. The highest BCUT2D eigenvalue weighted by Gasteiger charge is 2.24. The molecule has 0 saturated heterocycles. The molecule has 0 aliphatic carbocycles. The molecule has 0 radical (unpaired) electrons. The van der Waals surface area contributed by atoms with E-state index in [0.717, 1.165) is 5.56 Å². The summed E-state index contributed by atoms with van der Waals surface area (Å²) in [5, 5.41) is 9.00. The monoisotopic (exact) mass is 251 g/mol. The first kappa shape index (κ1) is 12.8. The van der Waals surface area contributed by atoms with Crippen LogP contribution in [0.2, 0.25) is 0 Å². The van der Waals surface area contributed by atoms with Crippen molar-refractivity contribution in [1.29, 1.82) is 0 Å². The minimum absolute atomic E-state index is 0.0467. The molecular weight excluding hydrogens is 234 g/mol. The van der Waals surface area contributed by atoms with Gasteiger partial charge in [0.25, 0.3) is 5.91 Å². The van der Waals surface area contributed by atoms with Gasteiger partial charge in [-0.05, 0) is 17.7 Å². The first-order valence-electron chi connectivity index (χ1n) is 5.70. The normalized spacial score (nSPS) is 18.0. The summed E-state index contributed by atoms with van der Waals surface area (Å²) in [7, 11) is 1.69. The van der Waals surface area contributed by atoms with Gasteiger partial charge in [-0.25, -0.2) is 0 Å². The number of anilines is 1. The van der Waals surface area contributed by atoms with Gasteiger partial charge in [0.15, 0.2) is 6.61 Å². The fraction of sp³-hybridized carbons (Fsp3) is 0.417. The Morgan fingerprint density at radius 1 is 1.50 bits per heavy atom. The topological polar surface area (TPSA) is 102 Å². The molecule has 1 aliphatic rings. The van der Waals surface area contributed by atoms with Crippen LogP contribution in [0.1, 0.15) is 11.6 Å². The van der Waals surface area contributed by atoms with Gasteiger partial charge in [0.1, 0.15) is 5.75 Å². The molecular formula is C12H17N3O3. The molecule has 6 heteroatoms. The standard InChI is InChI=1S/C12H17N3O3/c1-15-9-4-7(12(14)8(13)5-16)2-3-10(9)18-6-11(15)17/h2-4,8,12,16H,5-6,13-14H2,1H3. The molecule has 6 nitrogen and oxygen atoms in total. The van der Waals surface area contributed by atoms with Crippen LogP contribution in [0.5, 0.6) is 5.75 Å². The lowest BCUT2D eigenvalue weighted by molar-refractivity contribution is -0.120. The number of hydrogen-bond acceptors (Lipinski definition) is 5. The smallest absolute Gasteiger partial charge is 0.264 e. The number of carbonyl (C=O) groups is 1. The van der Waals surface area contributed by atoms with Crippen molar-refractivity contribution in [3.8, 4) is 5.75 Å². The quantitative estimate of drug-likeness (QED) is 0.663. The fourth-order valence-electron chi connectivity index (χ4n) is 1.86. The van der Waals surface area contributed by atoms with Gasteiger partial charge in [-0.3, -0.25) is 4.79 Å². The minimum Gasteiger partial charge on any atom is -0.482 e. The van der Waals surface area contributed by atoms with Crippen LogP contribution >= 0.6 is 0 Å². The Morgan fingerprint density at radius 2 is 2.22 bits per heavy atom. The zero-order chi connectivity index (χ0) is 13.3. The molecule has 2 atom stereocenters. The molecule has 2 rings (SSSR count). The third kappa shape index (κ3) is 2.17. The number of fused-ring (bicyclic) bond motifs is 1.